The largest absolute Gasteiger partial charge is 0.378 e. The molecule has 0 bridgehead atoms. The van der Waals surface area contributed by atoms with Crippen LogP contribution in [0.25, 0.3) is 0 Å². The molecule has 5 heteroatoms. The van der Waals surface area contributed by atoms with Crippen molar-refractivity contribution in [3.63, 3.8) is 0 Å². The van der Waals surface area contributed by atoms with Gasteiger partial charge in [-0.25, -0.2) is 4.39 Å². The Morgan fingerprint density at radius 1 is 1.38 bits per heavy atom. The molecule has 2 aliphatic rings. The highest BCUT2D eigenvalue weighted by Crippen LogP contribution is 2.31. The molecular weight excluding hydrogens is 271 g/mol. The predicted octanol–water partition coefficient (Wildman–Crippen LogP) is 1.65. The van der Waals surface area contributed by atoms with Crippen molar-refractivity contribution in [2.24, 2.45) is 0 Å². The van der Waals surface area contributed by atoms with Crippen LogP contribution in [0.2, 0.25) is 0 Å². The number of morpholine rings is 1. The molecule has 0 aromatic heterocycles. The van der Waals surface area contributed by atoms with Crippen molar-refractivity contribution in [1.82, 2.24) is 10.2 Å². The van der Waals surface area contributed by atoms with Gasteiger partial charge in [0, 0.05) is 32.1 Å². The first-order valence-electron chi connectivity index (χ1n) is 7.61. The monoisotopic (exact) mass is 292 g/mol. The molecule has 1 fully saturated rings. The molecule has 21 heavy (non-hydrogen) atoms. The average Bonchev–Trinajstić information content (AvgIpc) is 2.90. The third-order valence-corrected chi connectivity index (χ3v) is 4.28. The fraction of sp³-hybridized carbons (Fsp3) is 0.562. The Balaban J connectivity index is 1.47. The summed E-state index contributed by atoms with van der Waals surface area (Å²) in [5.41, 5.74) is 2.27. The van der Waals surface area contributed by atoms with Crippen molar-refractivity contribution in [2.75, 3.05) is 32.8 Å². The third-order valence-electron chi connectivity index (χ3n) is 4.28. The quantitative estimate of drug-likeness (QED) is 0.917. The average molecular weight is 292 g/mol. The van der Waals surface area contributed by atoms with Crippen LogP contribution in [0.5, 0.6) is 0 Å². The lowest BCUT2D eigenvalue weighted by atomic mass is 10.1. The molecule has 114 valence electrons. The summed E-state index contributed by atoms with van der Waals surface area (Å²) in [6.45, 7) is 3.34. The zero-order chi connectivity index (χ0) is 14.7. The van der Waals surface area contributed by atoms with Gasteiger partial charge in [0.2, 0.25) is 5.91 Å². The van der Waals surface area contributed by atoms with E-state index >= 15 is 0 Å². The highest BCUT2D eigenvalue weighted by molar-refractivity contribution is 5.76. The molecule has 3 rings (SSSR count). The van der Waals surface area contributed by atoms with Gasteiger partial charge in [0.15, 0.2) is 0 Å². The summed E-state index contributed by atoms with van der Waals surface area (Å²) in [4.78, 5) is 13.9. The van der Waals surface area contributed by atoms with Gasteiger partial charge in [-0.3, -0.25) is 4.79 Å². The van der Waals surface area contributed by atoms with E-state index < -0.39 is 0 Å². The van der Waals surface area contributed by atoms with Crippen molar-refractivity contribution in [1.29, 1.82) is 0 Å². The number of amides is 1. The van der Waals surface area contributed by atoms with Crippen LogP contribution in [0.4, 0.5) is 4.39 Å². The number of carbonyl (C=O) groups is 1. The van der Waals surface area contributed by atoms with Gasteiger partial charge in [0.25, 0.3) is 0 Å². The van der Waals surface area contributed by atoms with Crippen molar-refractivity contribution < 1.29 is 13.9 Å². The number of ether oxygens (including phenoxy) is 1. The van der Waals surface area contributed by atoms with Crippen LogP contribution in [-0.2, 0) is 16.0 Å². The third kappa shape index (κ3) is 3.41. The number of nitrogens with one attached hydrogen (secondary N) is 1. The topological polar surface area (TPSA) is 41.6 Å². The van der Waals surface area contributed by atoms with Gasteiger partial charge < -0.3 is 15.0 Å². The van der Waals surface area contributed by atoms with E-state index in [4.69, 9.17) is 4.74 Å². The lowest BCUT2D eigenvalue weighted by Gasteiger charge is -2.27. The summed E-state index contributed by atoms with van der Waals surface area (Å²) in [6.07, 6.45) is 2.39. The molecule has 4 nitrogen and oxygen atoms in total. The number of hydrogen-bond donors (Lipinski definition) is 1. The second-order valence-corrected chi connectivity index (χ2v) is 5.63. The Morgan fingerprint density at radius 3 is 3.00 bits per heavy atom. The molecule has 1 unspecified atom stereocenters. The molecule has 1 aromatic carbocycles. The molecule has 1 heterocycles. The van der Waals surface area contributed by atoms with Crippen LogP contribution in [0.15, 0.2) is 18.2 Å². The number of carbonyl (C=O) groups excluding carboxylic acids is 1. The number of benzene rings is 1. The standard InChI is InChI=1S/C16H21FN2O2/c17-13-2-3-14-12(11-13)1-4-15(14)18-6-5-16(20)19-7-9-21-10-8-19/h2-3,11,15,18H,1,4-10H2. The summed E-state index contributed by atoms with van der Waals surface area (Å²) in [7, 11) is 0. The number of aryl methyl sites for hydroxylation is 1. The molecule has 0 spiro atoms. The molecule has 1 N–H and O–H groups in total. The SMILES string of the molecule is O=C(CCNC1CCc2cc(F)ccc21)N1CCOCC1. The summed E-state index contributed by atoms with van der Waals surface area (Å²) in [5, 5.41) is 3.43. The first-order chi connectivity index (χ1) is 10.2. The fourth-order valence-electron chi connectivity index (χ4n) is 3.12. The summed E-state index contributed by atoms with van der Waals surface area (Å²) in [5.74, 6) is 0.0139. The zero-order valence-electron chi connectivity index (χ0n) is 12.1. The second-order valence-electron chi connectivity index (χ2n) is 5.63. The van der Waals surface area contributed by atoms with E-state index in [1.54, 1.807) is 6.07 Å². The van der Waals surface area contributed by atoms with Gasteiger partial charge in [-0.2, -0.15) is 0 Å². The van der Waals surface area contributed by atoms with E-state index in [-0.39, 0.29) is 17.8 Å². The smallest absolute Gasteiger partial charge is 0.224 e. The van der Waals surface area contributed by atoms with Gasteiger partial charge in [-0.1, -0.05) is 6.07 Å². The lowest BCUT2D eigenvalue weighted by molar-refractivity contribution is -0.135. The normalized spacial score (nSPS) is 21.4. The van der Waals surface area contributed by atoms with Gasteiger partial charge in [0.1, 0.15) is 5.82 Å². The molecule has 0 saturated carbocycles. The minimum atomic E-state index is -0.170. The van der Waals surface area contributed by atoms with E-state index in [9.17, 15) is 9.18 Å². The number of fused-ring (bicyclic) bond motifs is 1. The van der Waals surface area contributed by atoms with Crippen molar-refractivity contribution in [2.45, 2.75) is 25.3 Å². The van der Waals surface area contributed by atoms with E-state index in [0.29, 0.717) is 39.3 Å². The van der Waals surface area contributed by atoms with Crippen LogP contribution in [-0.4, -0.2) is 43.7 Å². The van der Waals surface area contributed by atoms with Crippen LogP contribution < -0.4 is 5.32 Å². The Hall–Kier alpha value is -1.46. The van der Waals surface area contributed by atoms with E-state index in [1.165, 1.54) is 11.6 Å². The maximum absolute atomic E-state index is 13.2. The maximum Gasteiger partial charge on any atom is 0.224 e. The van der Waals surface area contributed by atoms with Gasteiger partial charge in [-0.15, -0.1) is 0 Å². The number of rotatable bonds is 4. The molecule has 1 atom stereocenters. The Bertz CT molecular complexity index is 515. The Labute approximate surface area is 124 Å². The summed E-state index contributed by atoms with van der Waals surface area (Å²) >= 11 is 0. The van der Waals surface area contributed by atoms with Crippen molar-refractivity contribution >= 4 is 5.91 Å². The van der Waals surface area contributed by atoms with Gasteiger partial charge >= 0.3 is 0 Å². The van der Waals surface area contributed by atoms with Crippen molar-refractivity contribution in [3.05, 3.63) is 35.1 Å². The maximum atomic E-state index is 13.2. The highest BCUT2D eigenvalue weighted by atomic mass is 19.1. The zero-order valence-corrected chi connectivity index (χ0v) is 12.1. The second kappa shape index (κ2) is 6.54. The minimum absolute atomic E-state index is 0.170. The molecule has 0 radical (unpaired) electrons. The van der Waals surface area contributed by atoms with Crippen LogP contribution in [0.3, 0.4) is 0 Å². The highest BCUT2D eigenvalue weighted by Gasteiger charge is 2.23. The van der Waals surface area contributed by atoms with Crippen LogP contribution in [0.1, 0.15) is 30.0 Å². The van der Waals surface area contributed by atoms with Crippen LogP contribution in [0, 0.1) is 5.82 Å². The Kier molecular flexibility index (Phi) is 4.51. The number of hydrogen-bond acceptors (Lipinski definition) is 3. The minimum Gasteiger partial charge on any atom is -0.378 e. The molecule has 1 amide bonds. The number of nitrogens with zero attached hydrogens (tertiary/aromatic N) is 1. The molecule has 1 aliphatic carbocycles. The lowest BCUT2D eigenvalue weighted by Crippen LogP contribution is -2.41. The van der Waals surface area contributed by atoms with E-state index in [2.05, 4.69) is 5.32 Å². The molecule has 1 aromatic rings. The van der Waals surface area contributed by atoms with Crippen LogP contribution >= 0.6 is 0 Å². The Morgan fingerprint density at radius 2 is 2.19 bits per heavy atom. The molecular formula is C16H21FN2O2. The molecule has 1 aliphatic heterocycles. The summed E-state index contributed by atoms with van der Waals surface area (Å²) < 4.78 is 18.4. The van der Waals surface area contributed by atoms with E-state index in [1.807, 2.05) is 11.0 Å². The summed E-state index contributed by atoms with van der Waals surface area (Å²) in [6, 6.07) is 5.24. The molecule has 1 saturated heterocycles. The van der Waals surface area contributed by atoms with Crippen molar-refractivity contribution in [3.8, 4) is 0 Å². The van der Waals surface area contributed by atoms with Gasteiger partial charge in [0.05, 0.1) is 13.2 Å². The first-order valence-corrected chi connectivity index (χ1v) is 7.61. The number of halogens is 1. The first kappa shape index (κ1) is 14.5. The predicted molar refractivity (Wildman–Crippen MR) is 77.5 cm³/mol. The van der Waals surface area contributed by atoms with Gasteiger partial charge in [-0.05, 0) is 36.1 Å². The van der Waals surface area contributed by atoms with E-state index in [0.717, 1.165) is 18.4 Å². The fourth-order valence-corrected chi connectivity index (χ4v) is 3.12.